The Kier molecular flexibility index (Phi) is 8.75. The molecule has 21 heavy (non-hydrogen) atoms. The first kappa shape index (κ1) is 17.1. The lowest BCUT2D eigenvalue weighted by Crippen LogP contribution is -2.08. The van der Waals surface area contributed by atoms with Gasteiger partial charge in [0, 0.05) is 18.7 Å². The number of rotatable bonds is 7. The number of nitrogens with zero attached hydrogens (tertiary/aromatic N) is 3. The summed E-state index contributed by atoms with van der Waals surface area (Å²) in [5.74, 6) is 0. The van der Waals surface area contributed by atoms with Crippen molar-refractivity contribution in [1.29, 1.82) is 10.5 Å². The van der Waals surface area contributed by atoms with Crippen LogP contribution in [0.3, 0.4) is 0 Å². The van der Waals surface area contributed by atoms with Crippen LogP contribution < -0.4 is 5.32 Å². The summed E-state index contributed by atoms with van der Waals surface area (Å²) in [6, 6.07) is 11.6. The molecule has 110 valence electrons. The highest BCUT2D eigenvalue weighted by Gasteiger charge is 1.99. The normalized spacial score (nSPS) is 10.7. The van der Waals surface area contributed by atoms with Crippen LogP contribution in [0.25, 0.3) is 0 Å². The molecule has 1 N–H and O–H groups in total. The SMILES string of the molecule is CSC(=NCCCCCCC#N)Nc1ccc(C#N)cc1. The molecule has 0 radical (unpaired) electrons. The lowest BCUT2D eigenvalue weighted by Gasteiger charge is -2.07. The number of hydrogen-bond donors (Lipinski definition) is 1. The van der Waals surface area contributed by atoms with Crippen molar-refractivity contribution < 1.29 is 0 Å². The Morgan fingerprint density at radius 1 is 1.14 bits per heavy atom. The summed E-state index contributed by atoms with van der Waals surface area (Å²) in [6.07, 6.45) is 6.88. The van der Waals surface area contributed by atoms with Crippen molar-refractivity contribution in [2.24, 2.45) is 4.99 Å². The lowest BCUT2D eigenvalue weighted by atomic mass is 10.1. The third-order valence-corrected chi connectivity index (χ3v) is 3.53. The molecular formula is C16H20N4S. The Hall–Kier alpha value is -1.98. The predicted molar refractivity (Wildman–Crippen MR) is 89.3 cm³/mol. The van der Waals surface area contributed by atoms with E-state index in [2.05, 4.69) is 22.4 Å². The largest absolute Gasteiger partial charge is 0.335 e. The van der Waals surface area contributed by atoms with Gasteiger partial charge in [-0.15, -0.1) is 0 Å². The van der Waals surface area contributed by atoms with E-state index in [4.69, 9.17) is 10.5 Å². The Morgan fingerprint density at radius 2 is 1.86 bits per heavy atom. The molecule has 0 atom stereocenters. The summed E-state index contributed by atoms with van der Waals surface area (Å²) in [4.78, 5) is 4.54. The molecule has 0 saturated heterocycles. The first-order valence-electron chi connectivity index (χ1n) is 7.02. The Labute approximate surface area is 130 Å². The average molecular weight is 300 g/mol. The number of hydrogen-bond acceptors (Lipinski definition) is 4. The van der Waals surface area contributed by atoms with Crippen LogP contribution in [0.1, 0.15) is 37.7 Å². The monoisotopic (exact) mass is 300 g/mol. The van der Waals surface area contributed by atoms with Crippen LogP contribution in [0, 0.1) is 22.7 Å². The molecule has 5 heteroatoms. The third-order valence-electron chi connectivity index (χ3n) is 2.91. The molecule has 0 amide bonds. The molecule has 0 fully saturated rings. The van der Waals surface area contributed by atoms with Crippen molar-refractivity contribution >= 4 is 22.6 Å². The van der Waals surface area contributed by atoms with Gasteiger partial charge in [-0.25, -0.2) is 0 Å². The smallest absolute Gasteiger partial charge is 0.160 e. The zero-order valence-electron chi connectivity index (χ0n) is 12.3. The maximum atomic E-state index is 8.76. The van der Waals surface area contributed by atoms with Crippen molar-refractivity contribution in [3.8, 4) is 12.1 Å². The van der Waals surface area contributed by atoms with Gasteiger partial charge < -0.3 is 5.32 Å². The summed E-state index contributed by atoms with van der Waals surface area (Å²) in [6.45, 7) is 0.798. The summed E-state index contributed by atoms with van der Waals surface area (Å²) in [7, 11) is 0. The fraction of sp³-hybridized carbons (Fsp3) is 0.438. The van der Waals surface area contributed by atoms with Crippen LogP contribution in [-0.2, 0) is 0 Å². The zero-order valence-corrected chi connectivity index (χ0v) is 13.1. The number of anilines is 1. The molecule has 0 saturated carbocycles. The minimum atomic E-state index is 0.652. The van der Waals surface area contributed by atoms with Crippen LogP contribution in [0.4, 0.5) is 5.69 Å². The second-order valence-corrected chi connectivity index (χ2v) is 5.32. The van der Waals surface area contributed by atoms with Crippen LogP contribution in [0.15, 0.2) is 29.3 Å². The number of aliphatic imine (C=N–C) groups is 1. The van der Waals surface area contributed by atoms with Crippen LogP contribution in [0.2, 0.25) is 0 Å². The zero-order chi connectivity index (χ0) is 15.3. The molecule has 0 aliphatic heterocycles. The van der Waals surface area contributed by atoms with E-state index in [0.29, 0.717) is 12.0 Å². The van der Waals surface area contributed by atoms with Crippen molar-refractivity contribution in [3.63, 3.8) is 0 Å². The van der Waals surface area contributed by atoms with Crippen molar-refractivity contribution in [2.75, 3.05) is 18.1 Å². The maximum absolute atomic E-state index is 8.76. The highest BCUT2D eigenvalue weighted by Crippen LogP contribution is 2.12. The lowest BCUT2D eigenvalue weighted by molar-refractivity contribution is 0.656. The molecule has 0 unspecified atom stereocenters. The van der Waals surface area contributed by atoms with E-state index in [9.17, 15) is 0 Å². The van der Waals surface area contributed by atoms with Crippen molar-refractivity contribution in [1.82, 2.24) is 0 Å². The molecular weight excluding hydrogens is 280 g/mol. The number of nitriles is 2. The molecule has 1 aromatic carbocycles. The van der Waals surface area contributed by atoms with Gasteiger partial charge in [-0.1, -0.05) is 24.6 Å². The number of thioether (sulfide) groups is 1. The van der Waals surface area contributed by atoms with Crippen molar-refractivity contribution in [2.45, 2.75) is 32.1 Å². The van der Waals surface area contributed by atoms with Crippen LogP contribution in [0.5, 0.6) is 0 Å². The number of amidine groups is 1. The van der Waals surface area contributed by atoms with Gasteiger partial charge >= 0.3 is 0 Å². The van der Waals surface area contributed by atoms with Gasteiger partial charge in [0.1, 0.15) is 0 Å². The summed E-state index contributed by atoms with van der Waals surface area (Å²) >= 11 is 1.58. The van der Waals surface area contributed by atoms with E-state index in [-0.39, 0.29) is 0 Å². The van der Waals surface area contributed by atoms with Gasteiger partial charge in [-0.3, -0.25) is 4.99 Å². The second-order valence-electron chi connectivity index (χ2n) is 4.53. The maximum Gasteiger partial charge on any atom is 0.160 e. The van der Waals surface area contributed by atoms with Crippen LogP contribution >= 0.6 is 11.8 Å². The van der Waals surface area contributed by atoms with Gasteiger partial charge in [0.05, 0.1) is 17.7 Å². The van der Waals surface area contributed by atoms with E-state index in [1.165, 1.54) is 0 Å². The first-order chi connectivity index (χ1) is 10.3. The van der Waals surface area contributed by atoms with E-state index >= 15 is 0 Å². The van der Waals surface area contributed by atoms with Gasteiger partial charge in [0.15, 0.2) is 5.17 Å². The topological polar surface area (TPSA) is 72.0 Å². The van der Waals surface area contributed by atoms with Crippen LogP contribution in [-0.4, -0.2) is 18.0 Å². The molecule has 0 spiro atoms. The number of benzene rings is 1. The van der Waals surface area contributed by atoms with Gasteiger partial charge in [-0.05, 0) is 43.4 Å². The minimum Gasteiger partial charge on any atom is -0.335 e. The average Bonchev–Trinajstić information content (AvgIpc) is 2.53. The number of nitrogens with one attached hydrogen (secondary N) is 1. The Balaban J connectivity index is 2.34. The highest BCUT2D eigenvalue weighted by molar-refractivity contribution is 8.13. The fourth-order valence-corrected chi connectivity index (χ4v) is 2.20. The fourth-order valence-electron chi connectivity index (χ4n) is 1.76. The van der Waals surface area contributed by atoms with Crippen molar-refractivity contribution in [3.05, 3.63) is 29.8 Å². The van der Waals surface area contributed by atoms with Gasteiger partial charge in [0.2, 0.25) is 0 Å². The molecule has 1 rings (SSSR count). The highest BCUT2D eigenvalue weighted by atomic mass is 32.2. The molecule has 0 bridgehead atoms. The van der Waals surface area contributed by atoms with E-state index in [0.717, 1.165) is 43.1 Å². The molecule has 4 nitrogen and oxygen atoms in total. The standard InChI is InChI=1S/C16H20N4S/c1-21-16(19-12-6-4-2-3-5-11-17)20-15-9-7-14(13-18)8-10-15/h7-10H,2-6,12H2,1H3,(H,19,20). The van der Waals surface area contributed by atoms with E-state index in [1.54, 1.807) is 23.9 Å². The quantitative estimate of drug-likeness (QED) is 0.466. The molecule has 1 aromatic rings. The summed E-state index contributed by atoms with van der Waals surface area (Å²) < 4.78 is 0. The van der Waals surface area contributed by atoms with E-state index < -0.39 is 0 Å². The second kappa shape index (κ2) is 10.8. The Bertz CT molecular complexity index is 523. The van der Waals surface area contributed by atoms with E-state index in [1.807, 2.05) is 18.4 Å². The summed E-state index contributed by atoms with van der Waals surface area (Å²) in [5, 5.41) is 21.3. The molecule has 0 aliphatic rings. The summed E-state index contributed by atoms with van der Waals surface area (Å²) in [5.41, 5.74) is 1.59. The van der Waals surface area contributed by atoms with Gasteiger partial charge in [0.25, 0.3) is 0 Å². The Morgan fingerprint density at radius 3 is 2.48 bits per heavy atom. The molecule has 0 heterocycles. The predicted octanol–water partition coefficient (Wildman–Crippen LogP) is 4.16. The minimum absolute atomic E-state index is 0.652. The molecule has 0 aliphatic carbocycles. The number of unbranched alkanes of at least 4 members (excludes halogenated alkanes) is 4. The third kappa shape index (κ3) is 7.39. The van der Waals surface area contributed by atoms with Gasteiger partial charge in [-0.2, -0.15) is 10.5 Å². The first-order valence-corrected chi connectivity index (χ1v) is 8.25. The molecule has 0 aromatic heterocycles.